The van der Waals surface area contributed by atoms with Gasteiger partial charge in [-0.05, 0) is 50.1 Å². The van der Waals surface area contributed by atoms with Crippen LogP contribution in [0.15, 0.2) is 29.4 Å². The first kappa shape index (κ1) is 18.5. The van der Waals surface area contributed by atoms with E-state index >= 15 is 0 Å². The molecule has 0 saturated carbocycles. The zero-order valence-electron chi connectivity index (χ0n) is 15.1. The van der Waals surface area contributed by atoms with Crippen molar-refractivity contribution in [2.24, 2.45) is 0 Å². The first-order valence-corrected chi connectivity index (χ1v) is 9.31. The second-order valence-corrected chi connectivity index (χ2v) is 6.81. The van der Waals surface area contributed by atoms with Gasteiger partial charge in [0.15, 0.2) is 5.16 Å². The molecule has 0 N–H and O–H groups in total. The number of thioether (sulfide) groups is 1. The summed E-state index contributed by atoms with van der Waals surface area (Å²) in [6.07, 6.45) is 3.13. The molecule has 0 spiro atoms. The summed E-state index contributed by atoms with van der Waals surface area (Å²) >= 11 is 1.54. The van der Waals surface area contributed by atoms with Crippen molar-refractivity contribution in [3.8, 4) is 0 Å². The van der Waals surface area contributed by atoms with Gasteiger partial charge in [0.2, 0.25) is 5.91 Å². The molecule has 0 radical (unpaired) electrons. The quantitative estimate of drug-likeness (QED) is 0.592. The van der Waals surface area contributed by atoms with Gasteiger partial charge in [-0.1, -0.05) is 36.0 Å². The third kappa shape index (κ3) is 4.57. The topological polar surface area (TPSA) is 46.1 Å². The summed E-state index contributed by atoms with van der Waals surface area (Å²) in [6, 6.07) is 8.18. The van der Waals surface area contributed by atoms with Crippen molar-refractivity contribution in [3.05, 3.63) is 52.3 Å². The van der Waals surface area contributed by atoms with Crippen LogP contribution in [0.5, 0.6) is 0 Å². The fraction of sp³-hybridized carbons (Fsp3) is 0.421. The Morgan fingerprint density at radius 2 is 1.75 bits per heavy atom. The van der Waals surface area contributed by atoms with E-state index in [0.717, 1.165) is 22.1 Å². The molecule has 1 heterocycles. The molecule has 4 nitrogen and oxygen atoms in total. The maximum Gasteiger partial charge on any atom is 0.222 e. The van der Waals surface area contributed by atoms with E-state index in [-0.39, 0.29) is 5.91 Å². The molecule has 0 aliphatic carbocycles. The lowest BCUT2D eigenvalue weighted by Crippen LogP contribution is -2.27. The zero-order valence-corrected chi connectivity index (χ0v) is 15.9. The molecule has 5 heteroatoms. The van der Waals surface area contributed by atoms with E-state index in [1.54, 1.807) is 16.7 Å². The minimum atomic E-state index is 0.144. The molecule has 24 heavy (non-hydrogen) atoms. The van der Waals surface area contributed by atoms with Crippen molar-refractivity contribution in [1.29, 1.82) is 0 Å². The second-order valence-electron chi connectivity index (χ2n) is 6.04. The van der Waals surface area contributed by atoms with Crippen molar-refractivity contribution in [2.45, 2.75) is 45.3 Å². The molecular weight excluding hydrogens is 318 g/mol. The van der Waals surface area contributed by atoms with E-state index in [1.807, 2.05) is 39.3 Å². The highest BCUT2D eigenvalue weighted by Crippen LogP contribution is 2.18. The van der Waals surface area contributed by atoms with Crippen LogP contribution in [-0.4, -0.2) is 34.1 Å². The Bertz CT molecular complexity index is 707. The predicted octanol–water partition coefficient (Wildman–Crippen LogP) is 3.71. The van der Waals surface area contributed by atoms with Gasteiger partial charge in [0, 0.05) is 31.4 Å². The highest BCUT2D eigenvalue weighted by molar-refractivity contribution is 7.98. The van der Waals surface area contributed by atoms with Gasteiger partial charge < -0.3 is 4.90 Å². The smallest absolute Gasteiger partial charge is 0.222 e. The van der Waals surface area contributed by atoms with Crippen LogP contribution in [0.4, 0.5) is 0 Å². The minimum absolute atomic E-state index is 0.144. The molecule has 128 valence electrons. The number of hydrogen-bond acceptors (Lipinski definition) is 4. The second kappa shape index (κ2) is 8.29. The molecule has 2 rings (SSSR count). The Kier molecular flexibility index (Phi) is 6.37. The summed E-state index contributed by atoms with van der Waals surface area (Å²) in [5.41, 5.74) is 5.44. The number of hydrogen-bond donors (Lipinski definition) is 0. The standard InChI is InChI=1S/C19H25N3OS/c1-13-8-6-7-9-16(13)12-22(4)18(23)11-10-17-14(2)20-19(24-5)21-15(17)3/h6-9H,10-12H2,1-5H3. The van der Waals surface area contributed by atoms with Crippen molar-refractivity contribution >= 4 is 17.7 Å². The fourth-order valence-corrected chi connectivity index (χ4v) is 3.17. The van der Waals surface area contributed by atoms with E-state index in [4.69, 9.17) is 0 Å². The Hall–Kier alpha value is -1.88. The van der Waals surface area contributed by atoms with Crippen molar-refractivity contribution in [2.75, 3.05) is 13.3 Å². The number of carbonyl (C=O) groups is 1. The normalized spacial score (nSPS) is 10.7. The Balaban J connectivity index is 1.99. The fourth-order valence-electron chi connectivity index (χ4n) is 2.72. The SMILES string of the molecule is CSc1nc(C)c(CCC(=O)N(C)Cc2ccccc2C)c(C)n1. The monoisotopic (exact) mass is 343 g/mol. The molecule has 0 aliphatic rings. The highest BCUT2D eigenvalue weighted by Gasteiger charge is 2.14. The number of carbonyl (C=O) groups excluding carboxylic acids is 1. The Morgan fingerprint density at radius 1 is 1.12 bits per heavy atom. The number of nitrogens with zero attached hydrogens (tertiary/aromatic N) is 3. The van der Waals surface area contributed by atoms with Gasteiger partial charge >= 0.3 is 0 Å². The summed E-state index contributed by atoms with van der Waals surface area (Å²) in [6.45, 7) is 6.70. The van der Waals surface area contributed by atoms with Gasteiger partial charge in [0.1, 0.15) is 0 Å². The molecule has 0 fully saturated rings. The summed E-state index contributed by atoms with van der Waals surface area (Å²) in [7, 11) is 1.86. The van der Waals surface area contributed by atoms with E-state index in [9.17, 15) is 4.79 Å². The van der Waals surface area contributed by atoms with E-state index in [0.29, 0.717) is 19.4 Å². The van der Waals surface area contributed by atoms with Crippen molar-refractivity contribution in [3.63, 3.8) is 0 Å². The van der Waals surface area contributed by atoms with Crippen molar-refractivity contribution in [1.82, 2.24) is 14.9 Å². The van der Waals surface area contributed by atoms with Gasteiger partial charge in [0.05, 0.1) is 0 Å². The van der Waals surface area contributed by atoms with Crippen LogP contribution in [0.1, 0.15) is 34.5 Å². The number of amides is 1. The molecule has 0 unspecified atom stereocenters. The third-order valence-corrected chi connectivity index (χ3v) is 4.81. The van der Waals surface area contributed by atoms with Crippen LogP contribution >= 0.6 is 11.8 Å². The van der Waals surface area contributed by atoms with E-state index in [2.05, 4.69) is 29.0 Å². The Morgan fingerprint density at radius 3 is 2.33 bits per heavy atom. The van der Waals surface area contributed by atoms with Crippen LogP contribution < -0.4 is 0 Å². The predicted molar refractivity (Wildman–Crippen MR) is 99.3 cm³/mol. The lowest BCUT2D eigenvalue weighted by atomic mass is 10.1. The molecule has 0 saturated heterocycles. The number of aromatic nitrogens is 2. The minimum Gasteiger partial charge on any atom is -0.341 e. The average molecular weight is 343 g/mol. The largest absolute Gasteiger partial charge is 0.341 e. The molecule has 0 aliphatic heterocycles. The lowest BCUT2D eigenvalue weighted by molar-refractivity contribution is -0.130. The first-order valence-electron chi connectivity index (χ1n) is 8.09. The van der Waals surface area contributed by atoms with Crippen LogP contribution in [0.25, 0.3) is 0 Å². The first-order chi connectivity index (χ1) is 11.4. The zero-order chi connectivity index (χ0) is 17.7. The summed E-state index contributed by atoms with van der Waals surface area (Å²) in [5, 5.41) is 0.789. The number of rotatable bonds is 6. The molecule has 0 bridgehead atoms. The third-order valence-electron chi connectivity index (χ3n) is 4.27. The van der Waals surface area contributed by atoms with E-state index < -0.39 is 0 Å². The number of benzene rings is 1. The maximum atomic E-state index is 12.5. The number of aryl methyl sites for hydroxylation is 3. The van der Waals surface area contributed by atoms with Gasteiger partial charge in [-0.25, -0.2) is 9.97 Å². The van der Waals surface area contributed by atoms with Gasteiger partial charge in [0.25, 0.3) is 0 Å². The lowest BCUT2D eigenvalue weighted by Gasteiger charge is -2.19. The summed E-state index contributed by atoms with van der Waals surface area (Å²) in [5.74, 6) is 0.144. The maximum absolute atomic E-state index is 12.5. The highest BCUT2D eigenvalue weighted by atomic mass is 32.2. The molecule has 2 aromatic rings. The molecule has 1 aromatic heterocycles. The summed E-state index contributed by atoms with van der Waals surface area (Å²) in [4.78, 5) is 23.2. The summed E-state index contributed by atoms with van der Waals surface area (Å²) < 4.78 is 0. The molecule has 1 amide bonds. The molecule has 0 atom stereocenters. The van der Waals surface area contributed by atoms with Gasteiger partial charge in [-0.15, -0.1) is 0 Å². The van der Waals surface area contributed by atoms with Crippen LogP contribution in [0.2, 0.25) is 0 Å². The van der Waals surface area contributed by atoms with Crippen LogP contribution in [-0.2, 0) is 17.8 Å². The average Bonchev–Trinajstić information content (AvgIpc) is 2.55. The van der Waals surface area contributed by atoms with Crippen LogP contribution in [0, 0.1) is 20.8 Å². The molecular formula is C19H25N3OS. The van der Waals surface area contributed by atoms with Crippen LogP contribution in [0.3, 0.4) is 0 Å². The van der Waals surface area contributed by atoms with Gasteiger partial charge in [-0.2, -0.15) is 0 Å². The van der Waals surface area contributed by atoms with Crippen molar-refractivity contribution < 1.29 is 4.79 Å². The van der Waals surface area contributed by atoms with Gasteiger partial charge in [-0.3, -0.25) is 4.79 Å². The van der Waals surface area contributed by atoms with E-state index in [1.165, 1.54) is 11.1 Å². The molecule has 1 aromatic carbocycles. The Labute approximate surface area is 148 Å².